The molecule has 0 unspecified atom stereocenters. The molecule has 0 radical (unpaired) electrons. The summed E-state index contributed by atoms with van der Waals surface area (Å²) in [5.74, 6) is 0.243. The Morgan fingerprint density at radius 1 is 1.44 bits per heavy atom. The molecule has 0 heterocycles. The zero-order chi connectivity index (χ0) is 14.0. The number of carbonyl (C=O) groups is 1. The molecule has 4 nitrogen and oxygen atoms in total. The molecule has 1 saturated carbocycles. The Balaban J connectivity index is 2.53. The van der Waals surface area contributed by atoms with E-state index in [2.05, 4.69) is 26.8 Å². The van der Waals surface area contributed by atoms with Gasteiger partial charge in [-0.3, -0.25) is 4.79 Å². The van der Waals surface area contributed by atoms with Crippen LogP contribution in [0.1, 0.15) is 46.5 Å². The van der Waals surface area contributed by atoms with Gasteiger partial charge in [-0.05, 0) is 31.1 Å². The smallest absolute Gasteiger partial charge is 0.225 e. The van der Waals surface area contributed by atoms with Crippen molar-refractivity contribution < 1.29 is 4.79 Å². The fourth-order valence-electron chi connectivity index (χ4n) is 2.59. The molecule has 0 bridgehead atoms. The number of rotatable bonds is 2. The Hall–Kier alpha value is -1.08. The maximum absolute atomic E-state index is 12.3. The Morgan fingerprint density at radius 3 is 2.33 bits per heavy atom. The Kier molecular flexibility index (Phi) is 4.39. The summed E-state index contributed by atoms with van der Waals surface area (Å²) in [6.45, 7) is 7.13. The number of carbonyl (C=O) groups excluding carboxylic acids is 1. The lowest BCUT2D eigenvalue weighted by atomic mass is 9.77. The molecule has 2 N–H and O–H groups in total. The average Bonchev–Trinajstić information content (AvgIpc) is 2.27. The zero-order valence-electron chi connectivity index (χ0n) is 12.0. The van der Waals surface area contributed by atoms with Gasteiger partial charge in [0.05, 0.1) is 6.07 Å². The first kappa shape index (κ1) is 15.0. The summed E-state index contributed by atoms with van der Waals surface area (Å²) in [7, 11) is 1.86. The van der Waals surface area contributed by atoms with E-state index < -0.39 is 5.54 Å². The molecule has 1 fully saturated rings. The second-order valence-electron chi connectivity index (χ2n) is 6.80. The summed E-state index contributed by atoms with van der Waals surface area (Å²) in [6.07, 6.45) is 2.72. The molecule has 0 atom stereocenters. The molecule has 1 amide bonds. The Morgan fingerprint density at radius 2 is 1.94 bits per heavy atom. The fourth-order valence-corrected chi connectivity index (χ4v) is 2.59. The predicted molar refractivity (Wildman–Crippen MR) is 71.6 cm³/mol. The highest BCUT2D eigenvalue weighted by Crippen LogP contribution is 2.31. The van der Waals surface area contributed by atoms with Gasteiger partial charge in [-0.2, -0.15) is 5.26 Å². The topological polar surface area (TPSA) is 70.1 Å². The van der Waals surface area contributed by atoms with Crippen LogP contribution in [0.15, 0.2) is 0 Å². The van der Waals surface area contributed by atoms with Gasteiger partial charge in [-0.1, -0.05) is 20.8 Å². The first-order chi connectivity index (χ1) is 8.17. The van der Waals surface area contributed by atoms with Crippen LogP contribution in [0.2, 0.25) is 0 Å². The van der Waals surface area contributed by atoms with Crippen LogP contribution in [0.4, 0.5) is 0 Å². The Bertz CT molecular complexity index is 343. The normalized spacial score (nSPS) is 28.6. The highest BCUT2D eigenvalue weighted by atomic mass is 16.2. The summed E-state index contributed by atoms with van der Waals surface area (Å²) in [6, 6.07) is 2.16. The van der Waals surface area contributed by atoms with Gasteiger partial charge in [0, 0.05) is 19.5 Å². The van der Waals surface area contributed by atoms with E-state index in [1.54, 1.807) is 0 Å². The van der Waals surface area contributed by atoms with Gasteiger partial charge in [0.25, 0.3) is 0 Å². The van der Waals surface area contributed by atoms with Crippen LogP contribution in [0.5, 0.6) is 0 Å². The lowest BCUT2D eigenvalue weighted by molar-refractivity contribution is -0.136. The first-order valence-electron chi connectivity index (χ1n) is 6.62. The van der Waals surface area contributed by atoms with Crippen molar-refractivity contribution in [3.8, 4) is 6.07 Å². The summed E-state index contributed by atoms with van der Waals surface area (Å²) in [4.78, 5) is 14.1. The van der Waals surface area contributed by atoms with Gasteiger partial charge in [0.2, 0.25) is 5.91 Å². The second kappa shape index (κ2) is 5.27. The van der Waals surface area contributed by atoms with Crippen molar-refractivity contribution in [3.63, 3.8) is 0 Å². The predicted octanol–water partition coefficient (Wildman–Crippen LogP) is 1.90. The minimum Gasteiger partial charge on any atom is -0.345 e. The van der Waals surface area contributed by atoms with Crippen LogP contribution in [0.25, 0.3) is 0 Å². The van der Waals surface area contributed by atoms with Crippen molar-refractivity contribution in [2.24, 2.45) is 17.1 Å². The molecule has 102 valence electrons. The van der Waals surface area contributed by atoms with Crippen molar-refractivity contribution in [1.29, 1.82) is 5.26 Å². The number of hydrogen-bond acceptors (Lipinski definition) is 3. The number of hydrogen-bond donors (Lipinski definition) is 1. The summed E-state index contributed by atoms with van der Waals surface area (Å²) >= 11 is 0. The minimum atomic E-state index is -0.709. The molecular weight excluding hydrogens is 226 g/mol. The molecule has 18 heavy (non-hydrogen) atoms. The number of amides is 1. The summed E-state index contributed by atoms with van der Waals surface area (Å²) in [5.41, 5.74) is 5.32. The van der Waals surface area contributed by atoms with Crippen LogP contribution >= 0.6 is 0 Å². The third-order valence-electron chi connectivity index (χ3n) is 3.54. The summed E-state index contributed by atoms with van der Waals surface area (Å²) < 4.78 is 0. The third kappa shape index (κ3) is 3.99. The molecule has 0 saturated heterocycles. The molecule has 0 spiro atoms. The van der Waals surface area contributed by atoms with Crippen molar-refractivity contribution >= 4 is 5.91 Å². The molecular formula is C14H25N3O. The van der Waals surface area contributed by atoms with E-state index in [1.807, 2.05) is 11.9 Å². The maximum atomic E-state index is 12.3. The first-order valence-corrected chi connectivity index (χ1v) is 6.62. The van der Waals surface area contributed by atoms with E-state index in [0.717, 1.165) is 19.4 Å². The van der Waals surface area contributed by atoms with E-state index in [1.165, 1.54) is 0 Å². The van der Waals surface area contributed by atoms with E-state index in [9.17, 15) is 4.79 Å². The molecule has 1 aliphatic rings. The SMILES string of the molecule is CN(CC(C)(C)C)C(=O)C1CCC(N)(C#N)CC1. The van der Waals surface area contributed by atoms with Gasteiger partial charge in [-0.25, -0.2) is 0 Å². The average molecular weight is 251 g/mol. The molecule has 0 aliphatic heterocycles. The highest BCUT2D eigenvalue weighted by molar-refractivity contribution is 5.78. The molecule has 1 rings (SSSR count). The maximum Gasteiger partial charge on any atom is 0.225 e. The van der Waals surface area contributed by atoms with Gasteiger partial charge in [0.15, 0.2) is 0 Å². The standard InChI is InChI=1S/C14H25N3O/c1-13(2,3)10-17(4)12(18)11-5-7-14(16,9-15)8-6-11/h11H,5-8,10,16H2,1-4H3. The lowest BCUT2D eigenvalue weighted by Crippen LogP contribution is -2.46. The molecule has 0 aromatic heterocycles. The monoisotopic (exact) mass is 251 g/mol. The molecule has 0 aromatic carbocycles. The van der Waals surface area contributed by atoms with E-state index in [-0.39, 0.29) is 17.2 Å². The van der Waals surface area contributed by atoms with Crippen LogP contribution < -0.4 is 5.73 Å². The molecule has 4 heteroatoms. The zero-order valence-corrected chi connectivity index (χ0v) is 12.0. The Labute approximate surface area is 110 Å². The van der Waals surface area contributed by atoms with Crippen molar-refractivity contribution in [1.82, 2.24) is 4.90 Å². The molecule has 0 aromatic rings. The quantitative estimate of drug-likeness (QED) is 0.815. The van der Waals surface area contributed by atoms with Crippen LogP contribution in [0, 0.1) is 22.7 Å². The van der Waals surface area contributed by atoms with Crippen molar-refractivity contribution in [2.75, 3.05) is 13.6 Å². The second-order valence-corrected chi connectivity index (χ2v) is 6.80. The highest BCUT2D eigenvalue weighted by Gasteiger charge is 2.35. The van der Waals surface area contributed by atoms with Gasteiger partial charge in [0.1, 0.15) is 5.54 Å². The molecule has 1 aliphatic carbocycles. The summed E-state index contributed by atoms with van der Waals surface area (Å²) in [5, 5.41) is 8.97. The van der Waals surface area contributed by atoms with Crippen molar-refractivity contribution in [3.05, 3.63) is 0 Å². The number of nitrogens with zero attached hydrogens (tertiary/aromatic N) is 2. The largest absolute Gasteiger partial charge is 0.345 e. The number of nitriles is 1. The van der Waals surface area contributed by atoms with E-state index >= 15 is 0 Å². The van der Waals surface area contributed by atoms with Crippen LogP contribution in [-0.2, 0) is 4.79 Å². The van der Waals surface area contributed by atoms with E-state index in [0.29, 0.717) is 12.8 Å². The van der Waals surface area contributed by atoms with Crippen LogP contribution in [0.3, 0.4) is 0 Å². The van der Waals surface area contributed by atoms with E-state index in [4.69, 9.17) is 11.0 Å². The lowest BCUT2D eigenvalue weighted by Gasteiger charge is -2.34. The third-order valence-corrected chi connectivity index (χ3v) is 3.54. The minimum absolute atomic E-state index is 0.0439. The van der Waals surface area contributed by atoms with Gasteiger partial charge < -0.3 is 10.6 Å². The van der Waals surface area contributed by atoms with Crippen LogP contribution in [-0.4, -0.2) is 29.9 Å². The van der Waals surface area contributed by atoms with Crippen molar-refractivity contribution in [2.45, 2.75) is 52.0 Å². The number of nitrogens with two attached hydrogens (primary N) is 1. The fraction of sp³-hybridized carbons (Fsp3) is 0.857. The van der Waals surface area contributed by atoms with Gasteiger partial charge in [-0.15, -0.1) is 0 Å². The van der Waals surface area contributed by atoms with Gasteiger partial charge >= 0.3 is 0 Å².